The van der Waals surface area contributed by atoms with Gasteiger partial charge in [-0.1, -0.05) is 45.4 Å². The summed E-state index contributed by atoms with van der Waals surface area (Å²) in [6.45, 7) is 3.04. The first-order chi connectivity index (χ1) is 6.88. The van der Waals surface area contributed by atoms with E-state index in [0.717, 1.165) is 6.61 Å². The SMILES string of the molecule is CCCCCCCCC1OC1COC. The highest BCUT2D eigenvalue weighted by atomic mass is 16.6. The Morgan fingerprint density at radius 2 is 1.71 bits per heavy atom. The lowest BCUT2D eigenvalue weighted by atomic mass is 10.1. The van der Waals surface area contributed by atoms with Crippen molar-refractivity contribution in [2.75, 3.05) is 13.7 Å². The molecular formula is C12H24O2. The second-order valence-electron chi connectivity index (χ2n) is 4.22. The van der Waals surface area contributed by atoms with E-state index in [9.17, 15) is 0 Å². The summed E-state index contributed by atoms with van der Waals surface area (Å²) in [4.78, 5) is 0. The molecule has 2 nitrogen and oxygen atoms in total. The van der Waals surface area contributed by atoms with Crippen molar-refractivity contribution < 1.29 is 9.47 Å². The second-order valence-corrected chi connectivity index (χ2v) is 4.22. The quantitative estimate of drug-likeness (QED) is 0.421. The molecule has 0 aromatic heterocycles. The van der Waals surface area contributed by atoms with Crippen LogP contribution in [0.1, 0.15) is 51.9 Å². The Labute approximate surface area is 88.0 Å². The fourth-order valence-corrected chi connectivity index (χ4v) is 1.87. The fraction of sp³-hybridized carbons (Fsp3) is 1.00. The summed E-state index contributed by atoms with van der Waals surface area (Å²) in [5, 5.41) is 0. The monoisotopic (exact) mass is 200 g/mol. The first kappa shape index (κ1) is 12.0. The standard InChI is InChI=1S/C12H24O2/c1-3-4-5-6-7-8-9-11-12(14-11)10-13-2/h11-12H,3-10H2,1-2H3. The molecule has 84 valence electrons. The van der Waals surface area contributed by atoms with Gasteiger partial charge in [0.05, 0.1) is 12.7 Å². The third-order valence-electron chi connectivity index (χ3n) is 2.86. The Morgan fingerprint density at radius 1 is 1.00 bits per heavy atom. The predicted octanol–water partition coefficient (Wildman–Crippen LogP) is 3.15. The van der Waals surface area contributed by atoms with E-state index in [0.29, 0.717) is 12.2 Å². The highest BCUT2D eigenvalue weighted by molar-refractivity contribution is 4.83. The maximum atomic E-state index is 5.46. The Bertz CT molecular complexity index is 136. The van der Waals surface area contributed by atoms with Crippen LogP contribution in [0.5, 0.6) is 0 Å². The Morgan fingerprint density at radius 3 is 2.43 bits per heavy atom. The summed E-state index contributed by atoms with van der Waals surface area (Å²) in [5.74, 6) is 0. The predicted molar refractivity (Wildman–Crippen MR) is 58.5 cm³/mol. The van der Waals surface area contributed by atoms with E-state index in [2.05, 4.69) is 6.92 Å². The van der Waals surface area contributed by atoms with Crippen molar-refractivity contribution in [2.24, 2.45) is 0 Å². The smallest absolute Gasteiger partial charge is 0.107 e. The van der Waals surface area contributed by atoms with Crippen LogP contribution in [-0.4, -0.2) is 25.9 Å². The van der Waals surface area contributed by atoms with Crippen LogP contribution in [0.2, 0.25) is 0 Å². The molecule has 0 N–H and O–H groups in total. The molecule has 0 aliphatic carbocycles. The Kier molecular flexibility index (Phi) is 6.20. The van der Waals surface area contributed by atoms with Gasteiger partial charge in [-0.25, -0.2) is 0 Å². The van der Waals surface area contributed by atoms with Gasteiger partial charge in [0.1, 0.15) is 6.10 Å². The molecule has 1 fully saturated rings. The molecule has 1 aliphatic rings. The van der Waals surface area contributed by atoms with Gasteiger partial charge in [0.25, 0.3) is 0 Å². The van der Waals surface area contributed by atoms with Gasteiger partial charge in [-0.3, -0.25) is 0 Å². The summed E-state index contributed by atoms with van der Waals surface area (Å²) in [7, 11) is 1.74. The third-order valence-corrected chi connectivity index (χ3v) is 2.86. The molecule has 0 aromatic carbocycles. The lowest BCUT2D eigenvalue weighted by Gasteiger charge is -1.98. The normalized spacial score (nSPS) is 25.3. The lowest BCUT2D eigenvalue weighted by molar-refractivity contribution is 0.171. The van der Waals surface area contributed by atoms with Gasteiger partial charge in [-0.2, -0.15) is 0 Å². The van der Waals surface area contributed by atoms with E-state index >= 15 is 0 Å². The molecule has 0 saturated carbocycles. The van der Waals surface area contributed by atoms with Gasteiger partial charge in [0, 0.05) is 7.11 Å². The van der Waals surface area contributed by atoms with E-state index in [1.165, 1.54) is 44.9 Å². The molecule has 1 aliphatic heterocycles. The third kappa shape index (κ3) is 4.97. The molecule has 0 aromatic rings. The molecule has 1 heterocycles. The lowest BCUT2D eigenvalue weighted by Crippen LogP contribution is -2.01. The zero-order valence-electron chi connectivity index (χ0n) is 9.63. The number of ether oxygens (including phenoxy) is 2. The van der Waals surface area contributed by atoms with E-state index in [1.54, 1.807) is 7.11 Å². The molecule has 1 saturated heterocycles. The van der Waals surface area contributed by atoms with Crippen LogP contribution in [0, 0.1) is 0 Å². The number of hydrogen-bond acceptors (Lipinski definition) is 2. The van der Waals surface area contributed by atoms with E-state index in [4.69, 9.17) is 9.47 Å². The van der Waals surface area contributed by atoms with Crippen LogP contribution in [-0.2, 0) is 9.47 Å². The second kappa shape index (κ2) is 7.24. The molecule has 0 radical (unpaired) electrons. The maximum Gasteiger partial charge on any atom is 0.107 e. The molecule has 2 atom stereocenters. The summed E-state index contributed by atoms with van der Waals surface area (Å²) in [6.07, 6.45) is 10.4. The maximum absolute atomic E-state index is 5.46. The average Bonchev–Trinajstić information content (AvgIpc) is 2.91. The molecule has 0 bridgehead atoms. The zero-order chi connectivity index (χ0) is 10.2. The van der Waals surface area contributed by atoms with E-state index < -0.39 is 0 Å². The molecule has 0 amide bonds. The summed E-state index contributed by atoms with van der Waals surface area (Å²) >= 11 is 0. The van der Waals surface area contributed by atoms with Crippen LogP contribution >= 0.6 is 0 Å². The number of rotatable bonds is 9. The van der Waals surface area contributed by atoms with Crippen molar-refractivity contribution in [3.8, 4) is 0 Å². The van der Waals surface area contributed by atoms with Crippen LogP contribution in [0.3, 0.4) is 0 Å². The van der Waals surface area contributed by atoms with Crippen LogP contribution in [0.25, 0.3) is 0 Å². The van der Waals surface area contributed by atoms with Crippen molar-refractivity contribution in [3.63, 3.8) is 0 Å². The Balaban J connectivity index is 1.77. The van der Waals surface area contributed by atoms with Crippen molar-refractivity contribution in [1.82, 2.24) is 0 Å². The number of epoxide rings is 1. The minimum absolute atomic E-state index is 0.413. The number of methoxy groups -OCH3 is 1. The van der Waals surface area contributed by atoms with E-state index in [-0.39, 0.29) is 0 Å². The minimum atomic E-state index is 0.413. The van der Waals surface area contributed by atoms with Crippen molar-refractivity contribution in [3.05, 3.63) is 0 Å². The minimum Gasteiger partial charge on any atom is -0.382 e. The fourth-order valence-electron chi connectivity index (χ4n) is 1.87. The largest absolute Gasteiger partial charge is 0.382 e. The van der Waals surface area contributed by atoms with Crippen LogP contribution in [0.15, 0.2) is 0 Å². The molecule has 2 unspecified atom stereocenters. The highest BCUT2D eigenvalue weighted by Crippen LogP contribution is 2.27. The summed E-state index contributed by atoms with van der Waals surface area (Å²) in [6, 6.07) is 0. The van der Waals surface area contributed by atoms with E-state index in [1.807, 2.05) is 0 Å². The summed E-state index contributed by atoms with van der Waals surface area (Å²) < 4.78 is 10.5. The summed E-state index contributed by atoms with van der Waals surface area (Å²) in [5.41, 5.74) is 0. The first-order valence-electron chi connectivity index (χ1n) is 6.03. The molecular weight excluding hydrogens is 176 g/mol. The van der Waals surface area contributed by atoms with Gasteiger partial charge in [0.15, 0.2) is 0 Å². The average molecular weight is 200 g/mol. The van der Waals surface area contributed by atoms with Gasteiger partial charge < -0.3 is 9.47 Å². The van der Waals surface area contributed by atoms with Gasteiger partial charge in [-0.05, 0) is 6.42 Å². The van der Waals surface area contributed by atoms with Crippen molar-refractivity contribution in [2.45, 2.75) is 64.1 Å². The molecule has 14 heavy (non-hydrogen) atoms. The first-order valence-corrected chi connectivity index (χ1v) is 6.03. The zero-order valence-corrected chi connectivity index (χ0v) is 9.63. The van der Waals surface area contributed by atoms with Crippen molar-refractivity contribution >= 4 is 0 Å². The Hall–Kier alpha value is -0.0800. The van der Waals surface area contributed by atoms with Gasteiger partial charge in [-0.15, -0.1) is 0 Å². The molecule has 1 rings (SSSR count). The number of unbranched alkanes of at least 4 members (excludes halogenated alkanes) is 5. The topological polar surface area (TPSA) is 21.8 Å². The van der Waals surface area contributed by atoms with Crippen LogP contribution in [0.4, 0.5) is 0 Å². The molecule has 2 heteroatoms. The number of hydrogen-bond donors (Lipinski definition) is 0. The van der Waals surface area contributed by atoms with Crippen molar-refractivity contribution in [1.29, 1.82) is 0 Å². The van der Waals surface area contributed by atoms with Gasteiger partial charge in [0.2, 0.25) is 0 Å². The van der Waals surface area contributed by atoms with Crippen LogP contribution < -0.4 is 0 Å². The highest BCUT2D eigenvalue weighted by Gasteiger charge is 2.37. The van der Waals surface area contributed by atoms with Gasteiger partial charge >= 0.3 is 0 Å². The molecule has 0 spiro atoms.